The van der Waals surface area contributed by atoms with Crippen LogP contribution in [0.3, 0.4) is 0 Å². The number of hydrogen-bond acceptors (Lipinski definition) is 1. The van der Waals surface area contributed by atoms with E-state index in [1.807, 2.05) is 0 Å². The second kappa shape index (κ2) is 5.90. The summed E-state index contributed by atoms with van der Waals surface area (Å²) in [5.41, 5.74) is -1.15. The van der Waals surface area contributed by atoms with E-state index < -0.39 is 17.6 Å². The van der Waals surface area contributed by atoms with Crippen molar-refractivity contribution in [3.05, 3.63) is 32.9 Å². The first-order chi connectivity index (χ1) is 8.31. The standard InChI is InChI=1S/C12H13F3INO/c1-3-17(4-2)11(18)9-6-5-8(16)7-10(9)12(13,14)15/h5-7H,3-4H2,1-2H3. The smallest absolute Gasteiger partial charge is 0.339 e. The van der Waals surface area contributed by atoms with Gasteiger partial charge in [0.05, 0.1) is 11.1 Å². The third-order valence-electron chi connectivity index (χ3n) is 2.57. The van der Waals surface area contributed by atoms with Crippen LogP contribution >= 0.6 is 22.6 Å². The van der Waals surface area contributed by atoms with Gasteiger partial charge in [-0.05, 0) is 54.6 Å². The van der Waals surface area contributed by atoms with E-state index in [0.29, 0.717) is 16.7 Å². The predicted molar refractivity (Wildman–Crippen MR) is 71.4 cm³/mol. The average molecular weight is 371 g/mol. The van der Waals surface area contributed by atoms with Crippen LogP contribution in [0.4, 0.5) is 13.2 Å². The molecule has 0 heterocycles. The van der Waals surface area contributed by atoms with E-state index in [0.717, 1.165) is 6.07 Å². The Kier molecular flexibility index (Phi) is 5.01. The molecule has 0 aromatic heterocycles. The minimum absolute atomic E-state index is 0.286. The van der Waals surface area contributed by atoms with Gasteiger partial charge in [0.25, 0.3) is 5.91 Å². The number of amides is 1. The van der Waals surface area contributed by atoms with Gasteiger partial charge >= 0.3 is 6.18 Å². The number of carbonyl (C=O) groups excluding carboxylic acids is 1. The van der Waals surface area contributed by atoms with E-state index in [2.05, 4.69) is 0 Å². The Labute approximate surface area is 117 Å². The molecule has 1 amide bonds. The SMILES string of the molecule is CCN(CC)C(=O)c1ccc(I)cc1C(F)(F)F. The Hall–Kier alpha value is -0.790. The number of halogens is 4. The lowest BCUT2D eigenvalue weighted by molar-refractivity contribution is -0.138. The molecular formula is C12H13F3INO. The first-order valence-electron chi connectivity index (χ1n) is 5.47. The summed E-state index contributed by atoms with van der Waals surface area (Å²) < 4.78 is 39.1. The molecule has 1 aromatic rings. The second-order valence-corrected chi connectivity index (χ2v) is 4.91. The lowest BCUT2D eigenvalue weighted by Gasteiger charge is -2.21. The van der Waals surface area contributed by atoms with Crippen LogP contribution < -0.4 is 0 Å². The topological polar surface area (TPSA) is 20.3 Å². The van der Waals surface area contributed by atoms with Crippen molar-refractivity contribution in [1.82, 2.24) is 4.90 Å². The molecule has 0 aliphatic carbocycles. The van der Waals surface area contributed by atoms with Crippen molar-refractivity contribution >= 4 is 28.5 Å². The minimum Gasteiger partial charge on any atom is -0.339 e. The lowest BCUT2D eigenvalue weighted by atomic mass is 10.1. The van der Waals surface area contributed by atoms with Crippen molar-refractivity contribution in [3.63, 3.8) is 0 Å². The molecule has 0 aliphatic rings. The molecule has 0 bridgehead atoms. The molecule has 0 saturated carbocycles. The Morgan fingerprint density at radius 2 is 1.83 bits per heavy atom. The van der Waals surface area contributed by atoms with Crippen LogP contribution in [-0.2, 0) is 6.18 Å². The quantitative estimate of drug-likeness (QED) is 0.741. The van der Waals surface area contributed by atoms with Gasteiger partial charge in [0.1, 0.15) is 0 Å². The van der Waals surface area contributed by atoms with Gasteiger partial charge in [0.2, 0.25) is 0 Å². The normalized spacial score (nSPS) is 11.4. The minimum atomic E-state index is -4.51. The fourth-order valence-corrected chi connectivity index (χ4v) is 2.11. The van der Waals surface area contributed by atoms with E-state index in [-0.39, 0.29) is 5.56 Å². The molecule has 100 valence electrons. The summed E-state index contributed by atoms with van der Waals surface area (Å²) in [5.74, 6) is -0.580. The van der Waals surface area contributed by atoms with Gasteiger partial charge in [-0.25, -0.2) is 0 Å². The second-order valence-electron chi connectivity index (χ2n) is 3.67. The number of carbonyl (C=O) groups is 1. The Bertz CT molecular complexity index is 441. The molecule has 0 spiro atoms. The number of hydrogen-bond donors (Lipinski definition) is 0. The van der Waals surface area contributed by atoms with Crippen LogP contribution in [0.25, 0.3) is 0 Å². The third-order valence-corrected chi connectivity index (χ3v) is 3.24. The van der Waals surface area contributed by atoms with Gasteiger partial charge in [0, 0.05) is 16.7 Å². The Balaban J connectivity index is 3.28. The van der Waals surface area contributed by atoms with E-state index in [4.69, 9.17) is 0 Å². The zero-order chi connectivity index (χ0) is 13.9. The van der Waals surface area contributed by atoms with E-state index >= 15 is 0 Å². The van der Waals surface area contributed by atoms with Crippen molar-refractivity contribution in [2.24, 2.45) is 0 Å². The van der Waals surface area contributed by atoms with Crippen LogP contribution in [0.15, 0.2) is 18.2 Å². The highest BCUT2D eigenvalue weighted by molar-refractivity contribution is 14.1. The molecule has 0 atom stereocenters. The van der Waals surface area contributed by atoms with Gasteiger partial charge in [-0.2, -0.15) is 13.2 Å². The molecular weight excluding hydrogens is 358 g/mol. The number of nitrogens with zero attached hydrogens (tertiary/aromatic N) is 1. The summed E-state index contributed by atoms with van der Waals surface area (Å²) in [6, 6.07) is 3.75. The molecule has 1 rings (SSSR count). The van der Waals surface area contributed by atoms with Crippen molar-refractivity contribution in [1.29, 1.82) is 0 Å². The fourth-order valence-electron chi connectivity index (χ4n) is 1.62. The van der Waals surface area contributed by atoms with E-state index in [1.54, 1.807) is 36.4 Å². The summed E-state index contributed by atoms with van der Waals surface area (Å²) in [7, 11) is 0. The Morgan fingerprint density at radius 3 is 2.28 bits per heavy atom. The number of rotatable bonds is 3. The van der Waals surface area contributed by atoms with Crippen LogP contribution in [0.2, 0.25) is 0 Å². The maximum Gasteiger partial charge on any atom is 0.417 e. The molecule has 1 aromatic carbocycles. The van der Waals surface area contributed by atoms with Crippen LogP contribution in [-0.4, -0.2) is 23.9 Å². The highest BCUT2D eigenvalue weighted by Crippen LogP contribution is 2.33. The zero-order valence-corrected chi connectivity index (χ0v) is 12.2. The van der Waals surface area contributed by atoms with E-state index in [1.165, 1.54) is 17.0 Å². The maximum atomic E-state index is 12.9. The lowest BCUT2D eigenvalue weighted by Crippen LogP contribution is -2.32. The molecule has 0 N–H and O–H groups in total. The van der Waals surface area contributed by atoms with Gasteiger partial charge in [0.15, 0.2) is 0 Å². The summed E-state index contributed by atoms with van der Waals surface area (Å²) in [6.07, 6.45) is -4.51. The fraction of sp³-hybridized carbons (Fsp3) is 0.417. The van der Waals surface area contributed by atoms with Crippen molar-refractivity contribution in [3.8, 4) is 0 Å². The zero-order valence-electron chi connectivity index (χ0n) is 10.0. The summed E-state index contributed by atoms with van der Waals surface area (Å²) in [5, 5.41) is 0. The number of alkyl halides is 3. The molecule has 0 radical (unpaired) electrons. The molecule has 0 aliphatic heterocycles. The monoisotopic (exact) mass is 371 g/mol. The van der Waals surface area contributed by atoms with Gasteiger partial charge in [-0.3, -0.25) is 4.79 Å². The highest BCUT2D eigenvalue weighted by atomic mass is 127. The molecule has 0 unspecified atom stereocenters. The molecule has 0 fully saturated rings. The summed E-state index contributed by atoms with van der Waals surface area (Å²) in [6.45, 7) is 4.25. The first-order valence-corrected chi connectivity index (χ1v) is 6.55. The molecule has 2 nitrogen and oxygen atoms in total. The van der Waals surface area contributed by atoms with Crippen LogP contribution in [0.1, 0.15) is 29.8 Å². The van der Waals surface area contributed by atoms with Crippen molar-refractivity contribution < 1.29 is 18.0 Å². The first kappa shape index (κ1) is 15.3. The summed E-state index contributed by atoms with van der Waals surface area (Å²) in [4.78, 5) is 13.4. The third kappa shape index (κ3) is 3.37. The average Bonchev–Trinajstić information content (AvgIpc) is 2.29. The largest absolute Gasteiger partial charge is 0.417 e. The van der Waals surface area contributed by atoms with Crippen molar-refractivity contribution in [2.75, 3.05) is 13.1 Å². The van der Waals surface area contributed by atoms with Crippen LogP contribution in [0.5, 0.6) is 0 Å². The molecule has 0 saturated heterocycles. The molecule has 18 heavy (non-hydrogen) atoms. The maximum absolute atomic E-state index is 12.9. The molecule has 6 heteroatoms. The van der Waals surface area contributed by atoms with E-state index in [9.17, 15) is 18.0 Å². The van der Waals surface area contributed by atoms with Crippen LogP contribution in [0, 0.1) is 3.57 Å². The van der Waals surface area contributed by atoms with Gasteiger partial charge < -0.3 is 4.90 Å². The van der Waals surface area contributed by atoms with Gasteiger partial charge in [-0.1, -0.05) is 0 Å². The predicted octanol–water partition coefficient (Wildman–Crippen LogP) is 3.79. The highest BCUT2D eigenvalue weighted by Gasteiger charge is 2.36. The van der Waals surface area contributed by atoms with Gasteiger partial charge in [-0.15, -0.1) is 0 Å². The van der Waals surface area contributed by atoms with Crippen molar-refractivity contribution in [2.45, 2.75) is 20.0 Å². The number of benzene rings is 1. The summed E-state index contributed by atoms with van der Waals surface area (Å²) >= 11 is 1.80. The Morgan fingerprint density at radius 1 is 1.28 bits per heavy atom.